The molecule has 0 saturated carbocycles. The van der Waals surface area contributed by atoms with Crippen LogP contribution in [0.15, 0.2) is 24.5 Å². The molecule has 0 aliphatic heterocycles. The Kier molecular flexibility index (Phi) is 3.43. The Bertz CT molecular complexity index is 529. The van der Waals surface area contributed by atoms with Crippen LogP contribution >= 0.6 is 0 Å². The van der Waals surface area contributed by atoms with Crippen LogP contribution in [0.2, 0.25) is 0 Å². The number of hydrogen-bond donors (Lipinski definition) is 1. The van der Waals surface area contributed by atoms with Gasteiger partial charge in [0, 0.05) is 31.1 Å². The lowest BCUT2D eigenvalue weighted by atomic mass is 10.1. The van der Waals surface area contributed by atoms with E-state index >= 15 is 0 Å². The highest BCUT2D eigenvalue weighted by molar-refractivity contribution is 5.63. The summed E-state index contributed by atoms with van der Waals surface area (Å²) in [5.74, 6) is 0. The molecule has 0 radical (unpaired) electrons. The number of nitrogens with zero attached hydrogens (tertiary/aromatic N) is 5. The van der Waals surface area contributed by atoms with E-state index in [9.17, 15) is 0 Å². The van der Waals surface area contributed by atoms with E-state index < -0.39 is 0 Å². The van der Waals surface area contributed by atoms with Crippen molar-refractivity contribution < 1.29 is 5.11 Å². The van der Waals surface area contributed by atoms with E-state index in [1.807, 2.05) is 12.1 Å². The highest BCUT2D eigenvalue weighted by Crippen LogP contribution is 2.20. The minimum atomic E-state index is 0.0776. The predicted molar refractivity (Wildman–Crippen MR) is 59.7 cm³/mol. The highest BCUT2D eigenvalue weighted by atomic mass is 16.3. The molecule has 0 amide bonds. The fraction of sp³-hybridized carbons (Fsp3) is 0.273. The van der Waals surface area contributed by atoms with Gasteiger partial charge >= 0.3 is 0 Å². The summed E-state index contributed by atoms with van der Waals surface area (Å²) in [5.41, 5.74) is 1.72. The lowest BCUT2D eigenvalue weighted by molar-refractivity contribution is 0.276. The number of pyridine rings is 1. The molecule has 6 nitrogen and oxygen atoms in total. The number of hydrogen-bond acceptors (Lipinski definition) is 5. The predicted octanol–water partition coefficient (Wildman–Crippen LogP) is 0.594. The summed E-state index contributed by atoms with van der Waals surface area (Å²) in [5, 5.41) is 25.5. The summed E-state index contributed by atoms with van der Waals surface area (Å²) >= 11 is 0. The van der Waals surface area contributed by atoms with Gasteiger partial charge in [-0.05, 0) is 18.6 Å². The minimum absolute atomic E-state index is 0.0776. The van der Waals surface area contributed by atoms with Crippen LogP contribution in [0.4, 0.5) is 0 Å². The van der Waals surface area contributed by atoms with Gasteiger partial charge in [-0.25, -0.2) is 4.68 Å². The molecule has 0 saturated heterocycles. The maximum atomic E-state index is 8.98. The van der Waals surface area contributed by atoms with Crippen molar-refractivity contribution in [2.24, 2.45) is 0 Å². The third-order valence-corrected chi connectivity index (χ3v) is 2.30. The number of aryl methyl sites for hydroxylation is 1. The van der Waals surface area contributed by atoms with E-state index in [4.69, 9.17) is 10.4 Å². The van der Waals surface area contributed by atoms with Crippen LogP contribution in [0.1, 0.15) is 12.1 Å². The molecule has 86 valence electrons. The third-order valence-electron chi connectivity index (χ3n) is 2.30. The first-order valence-corrected chi connectivity index (χ1v) is 5.21. The van der Waals surface area contributed by atoms with Gasteiger partial charge < -0.3 is 5.11 Å². The zero-order chi connectivity index (χ0) is 12.1. The van der Waals surface area contributed by atoms with E-state index in [1.54, 1.807) is 23.1 Å². The van der Waals surface area contributed by atoms with Crippen LogP contribution in [-0.4, -0.2) is 31.7 Å². The Morgan fingerprint density at radius 2 is 2.35 bits per heavy atom. The van der Waals surface area contributed by atoms with Gasteiger partial charge in [-0.3, -0.25) is 4.98 Å². The standard InChI is InChI=1S/C11H11N5O/c12-7-10-11(9-3-1-4-13-8-9)16(15-14-10)5-2-6-17/h1,3-4,8,17H,2,5-6H2. The summed E-state index contributed by atoms with van der Waals surface area (Å²) in [4.78, 5) is 4.01. The molecule has 0 unspecified atom stereocenters. The lowest BCUT2D eigenvalue weighted by Gasteiger charge is -2.04. The maximum absolute atomic E-state index is 8.98. The summed E-state index contributed by atoms with van der Waals surface area (Å²) in [6.07, 6.45) is 3.90. The third kappa shape index (κ3) is 2.29. The van der Waals surface area contributed by atoms with Crippen LogP contribution in [-0.2, 0) is 6.54 Å². The van der Waals surface area contributed by atoms with E-state index in [1.165, 1.54) is 0 Å². The van der Waals surface area contributed by atoms with E-state index in [2.05, 4.69) is 15.3 Å². The molecule has 2 rings (SSSR count). The van der Waals surface area contributed by atoms with Crippen molar-refractivity contribution in [2.75, 3.05) is 6.61 Å². The molecule has 2 aromatic rings. The normalized spacial score (nSPS) is 10.1. The summed E-state index contributed by atoms with van der Waals surface area (Å²) in [7, 11) is 0. The van der Waals surface area contributed by atoms with E-state index in [0.717, 1.165) is 5.56 Å². The molecule has 2 heterocycles. The first-order chi connectivity index (χ1) is 8.36. The molecular weight excluding hydrogens is 218 g/mol. The molecule has 1 N–H and O–H groups in total. The fourth-order valence-electron chi connectivity index (χ4n) is 1.55. The second kappa shape index (κ2) is 5.18. The van der Waals surface area contributed by atoms with Crippen molar-refractivity contribution in [1.82, 2.24) is 20.0 Å². The number of aliphatic hydroxyl groups excluding tert-OH is 1. The molecule has 2 aromatic heterocycles. The second-order valence-electron chi connectivity index (χ2n) is 3.44. The first kappa shape index (κ1) is 11.2. The van der Waals surface area contributed by atoms with Crippen LogP contribution in [0.25, 0.3) is 11.3 Å². The van der Waals surface area contributed by atoms with Gasteiger partial charge in [0.2, 0.25) is 0 Å². The van der Waals surface area contributed by atoms with Gasteiger partial charge in [-0.1, -0.05) is 5.21 Å². The Balaban J connectivity index is 2.43. The van der Waals surface area contributed by atoms with Crippen molar-refractivity contribution in [1.29, 1.82) is 5.26 Å². The van der Waals surface area contributed by atoms with Crippen LogP contribution < -0.4 is 0 Å². The van der Waals surface area contributed by atoms with Gasteiger partial charge in [0.15, 0.2) is 5.69 Å². The van der Waals surface area contributed by atoms with Crippen LogP contribution in [0, 0.1) is 11.3 Å². The van der Waals surface area contributed by atoms with Gasteiger partial charge in [-0.2, -0.15) is 5.26 Å². The Hall–Kier alpha value is -2.26. The lowest BCUT2D eigenvalue weighted by Crippen LogP contribution is -2.04. The average molecular weight is 229 g/mol. The summed E-state index contributed by atoms with van der Waals surface area (Å²) < 4.78 is 1.62. The number of nitriles is 1. The second-order valence-corrected chi connectivity index (χ2v) is 3.44. The topological polar surface area (TPSA) is 87.6 Å². The zero-order valence-electron chi connectivity index (χ0n) is 9.11. The fourth-order valence-corrected chi connectivity index (χ4v) is 1.55. The van der Waals surface area contributed by atoms with Crippen LogP contribution in [0.5, 0.6) is 0 Å². The molecule has 0 bridgehead atoms. The van der Waals surface area contributed by atoms with Crippen molar-refractivity contribution >= 4 is 0 Å². The molecule has 0 spiro atoms. The molecule has 17 heavy (non-hydrogen) atoms. The minimum Gasteiger partial charge on any atom is -0.396 e. The molecule has 0 fully saturated rings. The molecule has 0 aliphatic rings. The molecule has 0 atom stereocenters. The van der Waals surface area contributed by atoms with Gasteiger partial charge in [0.1, 0.15) is 11.8 Å². The van der Waals surface area contributed by atoms with Crippen LogP contribution in [0.3, 0.4) is 0 Å². The first-order valence-electron chi connectivity index (χ1n) is 5.21. The van der Waals surface area contributed by atoms with Gasteiger partial charge in [-0.15, -0.1) is 5.10 Å². The summed E-state index contributed by atoms with van der Waals surface area (Å²) in [6, 6.07) is 5.65. The number of rotatable bonds is 4. The Morgan fingerprint density at radius 1 is 1.47 bits per heavy atom. The van der Waals surface area contributed by atoms with Crippen molar-refractivity contribution in [3.8, 4) is 17.3 Å². The largest absolute Gasteiger partial charge is 0.396 e. The monoisotopic (exact) mass is 229 g/mol. The van der Waals surface area contributed by atoms with Gasteiger partial charge in [0.05, 0.1) is 0 Å². The van der Waals surface area contributed by atoms with Crippen molar-refractivity contribution in [3.05, 3.63) is 30.2 Å². The molecular formula is C11H11N5O. The average Bonchev–Trinajstić information content (AvgIpc) is 2.80. The number of aromatic nitrogens is 4. The molecule has 6 heteroatoms. The quantitative estimate of drug-likeness (QED) is 0.829. The SMILES string of the molecule is N#Cc1nnn(CCCO)c1-c1cccnc1. The van der Waals surface area contributed by atoms with Crippen molar-refractivity contribution in [3.63, 3.8) is 0 Å². The maximum Gasteiger partial charge on any atom is 0.190 e. The zero-order valence-corrected chi connectivity index (χ0v) is 9.11. The Labute approximate surface area is 98.2 Å². The molecule has 0 aromatic carbocycles. The molecule has 0 aliphatic carbocycles. The Morgan fingerprint density at radius 3 is 3.00 bits per heavy atom. The number of aliphatic hydroxyl groups is 1. The van der Waals surface area contributed by atoms with Gasteiger partial charge in [0.25, 0.3) is 0 Å². The summed E-state index contributed by atoms with van der Waals surface area (Å²) in [6.45, 7) is 0.601. The van der Waals surface area contributed by atoms with Crippen molar-refractivity contribution in [2.45, 2.75) is 13.0 Å². The highest BCUT2D eigenvalue weighted by Gasteiger charge is 2.14. The van der Waals surface area contributed by atoms with E-state index in [-0.39, 0.29) is 12.3 Å². The van der Waals surface area contributed by atoms with E-state index in [0.29, 0.717) is 18.7 Å². The smallest absolute Gasteiger partial charge is 0.190 e.